The van der Waals surface area contributed by atoms with Gasteiger partial charge in [-0.15, -0.1) is 0 Å². The van der Waals surface area contributed by atoms with Gasteiger partial charge in [0.2, 0.25) is 0 Å². The molecule has 0 aliphatic rings. The van der Waals surface area contributed by atoms with Crippen molar-refractivity contribution in [3.63, 3.8) is 0 Å². The lowest BCUT2D eigenvalue weighted by molar-refractivity contribution is 0.0669. The lowest BCUT2D eigenvalue weighted by Gasteiger charge is -2.48. The number of nitrogens with zero attached hydrogens (tertiary/aromatic N) is 3. The summed E-state index contributed by atoms with van der Waals surface area (Å²) in [6.07, 6.45) is 3.70. The maximum Gasteiger partial charge on any atom is 0.192 e. The Labute approximate surface area is 191 Å². The molecule has 0 rings (SSSR count). The molecule has 0 aromatic rings. The Bertz CT molecular complexity index is 355. The fourth-order valence-corrected chi connectivity index (χ4v) is 8.70. The van der Waals surface area contributed by atoms with Gasteiger partial charge in [-0.25, -0.2) is 0 Å². The molecule has 4 nitrogen and oxygen atoms in total. The van der Waals surface area contributed by atoms with Crippen LogP contribution in [-0.4, -0.2) is 89.0 Å². The molecular formula is C25H57N3OSi. The molecule has 0 fully saturated rings. The van der Waals surface area contributed by atoms with E-state index >= 15 is 0 Å². The largest absolute Gasteiger partial charge is 0.420 e. The van der Waals surface area contributed by atoms with E-state index in [0.717, 1.165) is 19.6 Å². The van der Waals surface area contributed by atoms with Gasteiger partial charge in [-0.05, 0) is 76.7 Å². The Balaban J connectivity index is 6.23. The molecule has 30 heavy (non-hydrogen) atoms. The summed E-state index contributed by atoms with van der Waals surface area (Å²) in [4.78, 5) is 8.17. The molecule has 0 atom stereocenters. The zero-order valence-electron chi connectivity index (χ0n) is 22.4. The quantitative estimate of drug-likeness (QED) is 0.221. The van der Waals surface area contributed by atoms with Gasteiger partial charge in [-0.3, -0.25) is 0 Å². The van der Waals surface area contributed by atoms with Crippen LogP contribution in [0.1, 0.15) is 74.7 Å². The molecule has 0 aliphatic carbocycles. The van der Waals surface area contributed by atoms with Crippen LogP contribution in [0.2, 0.25) is 18.1 Å². The second kappa shape index (κ2) is 16.7. The predicted molar refractivity (Wildman–Crippen MR) is 138 cm³/mol. The Kier molecular flexibility index (Phi) is 16.7. The highest BCUT2D eigenvalue weighted by molar-refractivity contribution is 6.73. The molecule has 0 bridgehead atoms. The second-order valence-electron chi connectivity index (χ2n) is 9.38. The SMILES string of the molecule is CCCN(CC)CC(CN(CC)CCC)(CN(CC)CCC)C[Si](CC)(CC)OC. The van der Waals surface area contributed by atoms with Crippen molar-refractivity contribution in [2.45, 2.75) is 92.8 Å². The summed E-state index contributed by atoms with van der Waals surface area (Å²) in [5.74, 6) is 0. The van der Waals surface area contributed by atoms with Crippen LogP contribution in [0.3, 0.4) is 0 Å². The van der Waals surface area contributed by atoms with Gasteiger partial charge in [0.25, 0.3) is 0 Å². The van der Waals surface area contributed by atoms with Crippen molar-refractivity contribution >= 4 is 8.32 Å². The monoisotopic (exact) mass is 443 g/mol. The standard InChI is InChI=1S/C25H57N3OSi/c1-10-18-26(13-4)21-25(22-27(14-5)19-11-2,23-28(15-6)20-12-3)24-30(16-7,17-8)29-9/h10-24H2,1-9H3. The van der Waals surface area contributed by atoms with Gasteiger partial charge < -0.3 is 19.1 Å². The first-order valence-corrected chi connectivity index (χ1v) is 15.6. The minimum Gasteiger partial charge on any atom is -0.420 e. The van der Waals surface area contributed by atoms with E-state index in [4.69, 9.17) is 4.43 Å². The van der Waals surface area contributed by atoms with Crippen LogP contribution in [0.25, 0.3) is 0 Å². The molecule has 182 valence electrons. The smallest absolute Gasteiger partial charge is 0.192 e. The van der Waals surface area contributed by atoms with Gasteiger partial charge in [0.1, 0.15) is 0 Å². The topological polar surface area (TPSA) is 19.0 Å². The summed E-state index contributed by atoms with van der Waals surface area (Å²) in [5, 5.41) is 0. The van der Waals surface area contributed by atoms with Gasteiger partial charge in [0.05, 0.1) is 0 Å². The van der Waals surface area contributed by atoms with E-state index in [1.807, 2.05) is 7.11 Å². The van der Waals surface area contributed by atoms with Crippen LogP contribution >= 0.6 is 0 Å². The summed E-state index contributed by atoms with van der Waals surface area (Å²) in [6.45, 7) is 29.4. The van der Waals surface area contributed by atoms with Crippen LogP contribution in [0.15, 0.2) is 0 Å². The molecule has 0 radical (unpaired) electrons. The van der Waals surface area contributed by atoms with Crippen LogP contribution in [0, 0.1) is 5.41 Å². The molecule has 0 saturated heterocycles. The summed E-state index contributed by atoms with van der Waals surface area (Å²) >= 11 is 0. The first-order valence-electron chi connectivity index (χ1n) is 13.1. The third-order valence-electron chi connectivity index (χ3n) is 7.06. The minimum atomic E-state index is -1.74. The molecule has 0 unspecified atom stereocenters. The Hall–Kier alpha value is 0.0569. The zero-order chi connectivity index (χ0) is 23.0. The molecule has 0 N–H and O–H groups in total. The highest BCUT2D eigenvalue weighted by Gasteiger charge is 2.44. The van der Waals surface area contributed by atoms with Crippen LogP contribution in [0.5, 0.6) is 0 Å². The van der Waals surface area contributed by atoms with E-state index in [1.165, 1.54) is 76.7 Å². The summed E-state index contributed by atoms with van der Waals surface area (Å²) in [5.41, 5.74) is 0.274. The van der Waals surface area contributed by atoms with E-state index in [0.29, 0.717) is 0 Å². The fraction of sp³-hybridized carbons (Fsp3) is 1.00. The Morgan fingerprint density at radius 3 is 1.13 bits per heavy atom. The lowest BCUT2D eigenvalue weighted by Crippen LogP contribution is -2.56. The summed E-state index contributed by atoms with van der Waals surface area (Å²) in [7, 11) is 0.260. The van der Waals surface area contributed by atoms with Crippen molar-refractivity contribution in [3.8, 4) is 0 Å². The lowest BCUT2D eigenvalue weighted by atomic mass is 9.87. The van der Waals surface area contributed by atoms with Crippen molar-refractivity contribution in [1.29, 1.82) is 0 Å². The molecule has 0 spiro atoms. The van der Waals surface area contributed by atoms with E-state index in [9.17, 15) is 0 Å². The molecule has 0 aromatic heterocycles. The number of hydrogen-bond acceptors (Lipinski definition) is 4. The average Bonchev–Trinajstić information content (AvgIpc) is 2.76. The fourth-order valence-electron chi connectivity index (χ4n) is 5.28. The van der Waals surface area contributed by atoms with Gasteiger partial charge in [-0.1, -0.05) is 55.4 Å². The third-order valence-corrected chi connectivity index (χ3v) is 11.9. The van der Waals surface area contributed by atoms with Crippen molar-refractivity contribution < 1.29 is 4.43 Å². The molecule has 0 aromatic carbocycles. The van der Waals surface area contributed by atoms with Crippen molar-refractivity contribution in [2.24, 2.45) is 5.41 Å². The van der Waals surface area contributed by atoms with Crippen LogP contribution in [0.4, 0.5) is 0 Å². The van der Waals surface area contributed by atoms with Crippen molar-refractivity contribution in [2.75, 3.05) is 66.0 Å². The average molecular weight is 444 g/mol. The van der Waals surface area contributed by atoms with E-state index in [2.05, 4.69) is 70.1 Å². The number of hydrogen-bond donors (Lipinski definition) is 0. The van der Waals surface area contributed by atoms with Gasteiger partial charge >= 0.3 is 0 Å². The maximum atomic E-state index is 6.40. The van der Waals surface area contributed by atoms with Crippen LogP contribution in [-0.2, 0) is 4.43 Å². The highest BCUT2D eigenvalue weighted by atomic mass is 28.4. The van der Waals surface area contributed by atoms with Crippen molar-refractivity contribution in [1.82, 2.24) is 14.7 Å². The van der Waals surface area contributed by atoms with E-state index in [1.54, 1.807) is 0 Å². The zero-order valence-corrected chi connectivity index (χ0v) is 23.4. The van der Waals surface area contributed by atoms with Gasteiger partial charge in [-0.2, -0.15) is 0 Å². The molecule has 0 saturated carbocycles. The van der Waals surface area contributed by atoms with Crippen molar-refractivity contribution in [3.05, 3.63) is 0 Å². The van der Waals surface area contributed by atoms with E-state index < -0.39 is 8.32 Å². The minimum absolute atomic E-state index is 0.274. The summed E-state index contributed by atoms with van der Waals surface area (Å²) < 4.78 is 6.40. The van der Waals surface area contributed by atoms with Crippen LogP contribution < -0.4 is 0 Å². The normalized spacial score (nSPS) is 13.2. The molecular weight excluding hydrogens is 386 g/mol. The predicted octanol–water partition coefficient (Wildman–Crippen LogP) is 5.80. The molecule has 0 heterocycles. The Morgan fingerprint density at radius 2 is 0.933 bits per heavy atom. The summed E-state index contributed by atoms with van der Waals surface area (Å²) in [6, 6.07) is 3.73. The third kappa shape index (κ3) is 10.1. The highest BCUT2D eigenvalue weighted by Crippen LogP contribution is 2.37. The van der Waals surface area contributed by atoms with E-state index in [-0.39, 0.29) is 5.41 Å². The first kappa shape index (κ1) is 30.1. The Morgan fingerprint density at radius 1 is 0.600 bits per heavy atom. The first-order chi connectivity index (χ1) is 14.4. The maximum absolute atomic E-state index is 6.40. The van der Waals surface area contributed by atoms with Gasteiger partial charge in [0, 0.05) is 32.2 Å². The number of rotatable bonds is 20. The molecule has 5 heteroatoms. The molecule has 0 amide bonds. The molecule has 0 aliphatic heterocycles. The second-order valence-corrected chi connectivity index (χ2v) is 13.9. The van der Waals surface area contributed by atoms with Gasteiger partial charge in [0.15, 0.2) is 8.32 Å².